The van der Waals surface area contributed by atoms with Crippen LogP contribution in [0.2, 0.25) is 0 Å². The Morgan fingerprint density at radius 1 is 1.27 bits per heavy atom. The Balaban J connectivity index is 1.81. The number of benzene rings is 1. The second-order valence-corrected chi connectivity index (χ2v) is 5.55. The van der Waals surface area contributed by atoms with Gasteiger partial charge in [0, 0.05) is 13.7 Å². The number of amides is 1. The zero-order valence-corrected chi connectivity index (χ0v) is 13.2. The van der Waals surface area contributed by atoms with Crippen LogP contribution in [0.5, 0.6) is 0 Å². The van der Waals surface area contributed by atoms with Crippen LogP contribution in [-0.4, -0.2) is 38.2 Å². The van der Waals surface area contributed by atoms with E-state index in [1.54, 1.807) is 14.0 Å². The first kappa shape index (κ1) is 16.5. The van der Waals surface area contributed by atoms with Gasteiger partial charge >= 0.3 is 5.97 Å². The first-order valence-corrected chi connectivity index (χ1v) is 7.67. The average molecular weight is 305 g/mol. The van der Waals surface area contributed by atoms with E-state index in [1.165, 1.54) is 17.5 Å². The fraction of sp³-hybridized carbons (Fsp3) is 0.529. The number of methoxy groups -OCH3 is 1. The van der Waals surface area contributed by atoms with E-state index < -0.39 is 6.10 Å². The van der Waals surface area contributed by atoms with Gasteiger partial charge in [-0.3, -0.25) is 9.59 Å². The summed E-state index contributed by atoms with van der Waals surface area (Å²) in [5.74, 6) is -0.688. The van der Waals surface area contributed by atoms with Gasteiger partial charge in [0.05, 0.1) is 13.0 Å². The van der Waals surface area contributed by atoms with Crippen LogP contribution >= 0.6 is 0 Å². The lowest BCUT2D eigenvalue weighted by atomic mass is 10.0. The smallest absolute Gasteiger partial charge is 0.311 e. The Morgan fingerprint density at radius 3 is 2.82 bits per heavy atom. The Kier molecular flexibility index (Phi) is 5.95. The van der Waals surface area contributed by atoms with Gasteiger partial charge in [-0.2, -0.15) is 0 Å². The van der Waals surface area contributed by atoms with E-state index in [0.29, 0.717) is 13.2 Å². The summed E-state index contributed by atoms with van der Waals surface area (Å²) in [4.78, 5) is 23.6. The van der Waals surface area contributed by atoms with Crippen molar-refractivity contribution < 1.29 is 19.1 Å². The van der Waals surface area contributed by atoms with Crippen LogP contribution in [0.25, 0.3) is 0 Å². The molecular formula is C17H23NO4. The molecule has 0 aliphatic heterocycles. The van der Waals surface area contributed by atoms with Crippen molar-refractivity contribution in [2.45, 2.75) is 38.7 Å². The highest BCUT2D eigenvalue weighted by Crippen LogP contribution is 2.23. The molecule has 1 aromatic rings. The first-order valence-electron chi connectivity index (χ1n) is 7.67. The maximum atomic E-state index is 11.9. The number of carbonyl (C=O) groups excluding carboxylic acids is 2. The molecule has 0 radical (unpaired) electrons. The molecule has 0 heterocycles. The van der Waals surface area contributed by atoms with Gasteiger partial charge in [0.25, 0.3) is 5.91 Å². The van der Waals surface area contributed by atoms with E-state index in [2.05, 4.69) is 17.4 Å². The number of hydrogen-bond donors (Lipinski definition) is 1. The molecule has 1 N–H and O–H groups in total. The van der Waals surface area contributed by atoms with Crippen LogP contribution in [-0.2, 0) is 38.3 Å². The SMILES string of the molecule is COCCNC(=O)[C@H](C)OC(=O)Cc1ccc2c(c1)CCC2. The molecule has 0 unspecified atom stereocenters. The molecule has 120 valence electrons. The Labute approximate surface area is 131 Å². The summed E-state index contributed by atoms with van der Waals surface area (Å²) >= 11 is 0. The van der Waals surface area contributed by atoms with Gasteiger partial charge in [-0.05, 0) is 42.9 Å². The first-order chi connectivity index (χ1) is 10.6. The van der Waals surface area contributed by atoms with Gasteiger partial charge < -0.3 is 14.8 Å². The molecule has 5 heteroatoms. The number of rotatable bonds is 7. The van der Waals surface area contributed by atoms with Crippen molar-refractivity contribution in [2.75, 3.05) is 20.3 Å². The molecule has 5 nitrogen and oxygen atoms in total. The lowest BCUT2D eigenvalue weighted by Gasteiger charge is -2.13. The molecule has 0 aromatic heterocycles. The molecule has 1 atom stereocenters. The van der Waals surface area contributed by atoms with Crippen molar-refractivity contribution in [3.05, 3.63) is 34.9 Å². The minimum atomic E-state index is -0.793. The fourth-order valence-corrected chi connectivity index (χ4v) is 2.61. The average Bonchev–Trinajstić information content (AvgIpc) is 2.94. The van der Waals surface area contributed by atoms with Gasteiger partial charge in [-0.1, -0.05) is 18.2 Å². The van der Waals surface area contributed by atoms with Crippen LogP contribution in [0.1, 0.15) is 30.0 Å². The van der Waals surface area contributed by atoms with Crippen molar-refractivity contribution in [3.63, 3.8) is 0 Å². The quantitative estimate of drug-likeness (QED) is 0.611. The van der Waals surface area contributed by atoms with Gasteiger partial charge in [0.1, 0.15) is 0 Å². The van der Waals surface area contributed by atoms with Gasteiger partial charge in [0.15, 0.2) is 6.10 Å². The van der Waals surface area contributed by atoms with Gasteiger partial charge in [0.2, 0.25) is 0 Å². The molecular weight excluding hydrogens is 282 g/mol. The van der Waals surface area contributed by atoms with Gasteiger partial charge in [-0.25, -0.2) is 0 Å². The molecule has 1 aliphatic carbocycles. The standard InChI is InChI=1S/C17H23NO4/c1-12(17(20)18-8-9-21-2)22-16(19)11-13-6-7-14-4-3-5-15(14)10-13/h6-7,10,12H,3-5,8-9,11H2,1-2H3,(H,18,20)/t12-/m0/s1. The predicted molar refractivity (Wildman–Crippen MR) is 82.6 cm³/mol. The minimum absolute atomic E-state index is 0.197. The predicted octanol–water partition coefficient (Wildman–Crippen LogP) is 1.41. The summed E-state index contributed by atoms with van der Waals surface area (Å²) in [6, 6.07) is 6.13. The van der Waals surface area contributed by atoms with Crippen LogP contribution in [0.15, 0.2) is 18.2 Å². The van der Waals surface area contributed by atoms with Crippen molar-refractivity contribution in [1.82, 2.24) is 5.32 Å². The molecule has 1 amide bonds. The Morgan fingerprint density at radius 2 is 2.05 bits per heavy atom. The normalized spacial score (nSPS) is 14.3. The van der Waals surface area contributed by atoms with Crippen LogP contribution < -0.4 is 5.32 Å². The number of fused-ring (bicyclic) bond motifs is 1. The highest BCUT2D eigenvalue weighted by Gasteiger charge is 2.18. The topological polar surface area (TPSA) is 64.6 Å². The number of nitrogens with one attached hydrogen (secondary N) is 1. The summed E-state index contributed by atoms with van der Waals surface area (Å²) in [5.41, 5.74) is 3.65. The minimum Gasteiger partial charge on any atom is -0.452 e. The number of ether oxygens (including phenoxy) is 2. The van der Waals surface area contributed by atoms with E-state index in [0.717, 1.165) is 18.4 Å². The van der Waals surface area contributed by atoms with Crippen LogP contribution in [0.4, 0.5) is 0 Å². The molecule has 2 rings (SSSR count). The molecule has 0 fully saturated rings. The van der Waals surface area contributed by atoms with E-state index in [-0.39, 0.29) is 18.3 Å². The third kappa shape index (κ3) is 4.56. The van der Waals surface area contributed by atoms with E-state index >= 15 is 0 Å². The zero-order valence-electron chi connectivity index (χ0n) is 13.2. The fourth-order valence-electron chi connectivity index (χ4n) is 2.61. The summed E-state index contributed by atoms with van der Waals surface area (Å²) in [7, 11) is 1.56. The monoisotopic (exact) mass is 305 g/mol. The van der Waals surface area contributed by atoms with E-state index in [4.69, 9.17) is 9.47 Å². The largest absolute Gasteiger partial charge is 0.452 e. The molecule has 22 heavy (non-hydrogen) atoms. The number of esters is 1. The van der Waals surface area contributed by atoms with Crippen LogP contribution in [0, 0.1) is 0 Å². The zero-order chi connectivity index (χ0) is 15.9. The molecule has 0 bridgehead atoms. The van der Waals surface area contributed by atoms with Crippen molar-refractivity contribution in [2.24, 2.45) is 0 Å². The second-order valence-electron chi connectivity index (χ2n) is 5.55. The number of carbonyl (C=O) groups is 2. The van der Waals surface area contributed by atoms with Crippen molar-refractivity contribution in [3.8, 4) is 0 Å². The maximum absolute atomic E-state index is 11.9. The van der Waals surface area contributed by atoms with E-state index in [9.17, 15) is 9.59 Å². The number of aryl methyl sites for hydroxylation is 2. The van der Waals surface area contributed by atoms with Gasteiger partial charge in [-0.15, -0.1) is 0 Å². The Bertz CT molecular complexity index is 541. The molecule has 1 aromatic carbocycles. The molecule has 0 spiro atoms. The van der Waals surface area contributed by atoms with E-state index in [1.807, 2.05) is 6.07 Å². The summed E-state index contributed by atoms with van der Waals surface area (Å²) < 4.78 is 10.0. The third-order valence-corrected chi connectivity index (χ3v) is 3.79. The molecule has 1 aliphatic rings. The summed E-state index contributed by atoms with van der Waals surface area (Å²) in [6.07, 6.45) is 2.79. The highest BCUT2D eigenvalue weighted by atomic mass is 16.5. The van der Waals surface area contributed by atoms with Crippen molar-refractivity contribution >= 4 is 11.9 Å². The molecule has 0 saturated carbocycles. The molecule has 0 saturated heterocycles. The maximum Gasteiger partial charge on any atom is 0.311 e. The lowest BCUT2D eigenvalue weighted by Crippen LogP contribution is -2.37. The number of hydrogen-bond acceptors (Lipinski definition) is 4. The summed E-state index contributed by atoms with van der Waals surface area (Å²) in [5, 5.41) is 2.65. The lowest BCUT2D eigenvalue weighted by molar-refractivity contribution is -0.154. The van der Waals surface area contributed by atoms with Crippen molar-refractivity contribution in [1.29, 1.82) is 0 Å². The Hall–Kier alpha value is -1.88. The van der Waals surface area contributed by atoms with Crippen LogP contribution in [0.3, 0.4) is 0 Å². The third-order valence-electron chi connectivity index (χ3n) is 3.79. The summed E-state index contributed by atoms with van der Waals surface area (Å²) in [6.45, 7) is 2.41. The second kappa shape index (κ2) is 7.94. The highest BCUT2D eigenvalue weighted by molar-refractivity contribution is 5.83.